The van der Waals surface area contributed by atoms with Gasteiger partial charge in [0.05, 0.1) is 11.5 Å². The molecule has 2 heteroatoms. The summed E-state index contributed by atoms with van der Waals surface area (Å²) in [7, 11) is 0. The summed E-state index contributed by atoms with van der Waals surface area (Å²) in [5, 5.41) is 0. The first-order chi connectivity index (χ1) is 16.8. The number of carbonyl (C=O) groups excluding carboxylic acids is 1. The first-order valence-electron chi connectivity index (χ1n) is 14.3. The topological polar surface area (TPSA) is 29.4 Å². The Hall–Kier alpha value is -1.96. The predicted molar refractivity (Wildman–Crippen MR) is 144 cm³/mol. The van der Waals surface area contributed by atoms with Gasteiger partial charge in [-0.2, -0.15) is 0 Å². The number of Topliss-reactive ketones (excluding diaryl/α,β-unsaturated/α-hetero) is 1. The van der Waals surface area contributed by atoms with Crippen LogP contribution in [0.2, 0.25) is 0 Å². The van der Waals surface area contributed by atoms with Crippen LogP contribution in [0.5, 0.6) is 0 Å². The van der Waals surface area contributed by atoms with Crippen LogP contribution in [0.1, 0.15) is 84.1 Å². The van der Waals surface area contributed by atoms with Gasteiger partial charge in [0.15, 0.2) is 0 Å². The van der Waals surface area contributed by atoms with Gasteiger partial charge in [0.1, 0.15) is 5.78 Å². The highest BCUT2D eigenvalue weighted by molar-refractivity contribution is 5.85. The van der Waals surface area contributed by atoms with Crippen molar-refractivity contribution < 1.29 is 4.79 Å². The zero-order valence-electron chi connectivity index (χ0n) is 22.0. The predicted octanol–water partition coefficient (Wildman–Crippen LogP) is 7.78. The Morgan fingerprint density at radius 1 is 0.943 bits per heavy atom. The Kier molecular flexibility index (Phi) is 5.73. The van der Waals surface area contributed by atoms with Gasteiger partial charge in [-0.1, -0.05) is 68.3 Å². The van der Waals surface area contributed by atoms with E-state index in [0.29, 0.717) is 17.1 Å². The molecule has 0 bridgehead atoms. The minimum absolute atomic E-state index is 0.0228. The zero-order valence-corrected chi connectivity index (χ0v) is 22.0. The Morgan fingerprint density at radius 3 is 2.60 bits per heavy atom. The smallest absolute Gasteiger partial charge is 0.139 e. The van der Waals surface area contributed by atoms with E-state index < -0.39 is 5.54 Å². The van der Waals surface area contributed by atoms with Crippen molar-refractivity contribution in [2.45, 2.75) is 90.5 Å². The van der Waals surface area contributed by atoms with Crippen LogP contribution < -0.4 is 0 Å². The molecule has 0 spiro atoms. The van der Waals surface area contributed by atoms with Crippen molar-refractivity contribution >= 4 is 12.0 Å². The van der Waals surface area contributed by atoms with E-state index in [-0.39, 0.29) is 11.3 Å². The van der Waals surface area contributed by atoms with Crippen LogP contribution in [0.3, 0.4) is 0 Å². The largest absolute Gasteiger partial charge is 0.299 e. The highest BCUT2D eigenvalue weighted by Crippen LogP contribution is 2.67. The van der Waals surface area contributed by atoms with Gasteiger partial charge in [-0.05, 0) is 98.0 Å². The van der Waals surface area contributed by atoms with E-state index in [1.807, 2.05) is 6.21 Å². The number of aliphatic imine (C=N–C) groups is 1. The summed E-state index contributed by atoms with van der Waals surface area (Å²) in [6, 6.07) is 10.8. The summed E-state index contributed by atoms with van der Waals surface area (Å²) in [6.07, 6.45) is 20.8. The second-order valence-electron chi connectivity index (χ2n) is 13.3. The van der Waals surface area contributed by atoms with E-state index in [1.165, 1.54) is 56.1 Å². The van der Waals surface area contributed by atoms with Gasteiger partial charge in [0.25, 0.3) is 0 Å². The SMILES string of the molecule is CC1=CC(Cc2ccccc2)(C2C(=O)CC[C@@]3(C)C2CC[C@H]2[C@@H]4CCC[C@@]4(C)CC[C@@H]23)N=CC=C1. The Balaban J connectivity index is 1.41. The molecule has 1 aromatic carbocycles. The summed E-state index contributed by atoms with van der Waals surface area (Å²) in [5.41, 5.74) is 2.86. The number of nitrogens with zero attached hydrogens (tertiary/aromatic N) is 1. The molecule has 5 aliphatic rings. The number of benzene rings is 1. The minimum atomic E-state index is -0.484. The fraction of sp³-hybridized carbons (Fsp3) is 0.636. The maximum absolute atomic E-state index is 14.0. The molecule has 2 nitrogen and oxygen atoms in total. The quantitative estimate of drug-likeness (QED) is 0.444. The first-order valence-corrected chi connectivity index (χ1v) is 14.3. The average Bonchev–Trinajstić information content (AvgIpc) is 3.15. The van der Waals surface area contributed by atoms with Gasteiger partial charge in [-0.3, -0.25) is 9.79 Å². The molecule has 4 saturated carbocycles. The van der Waals surface area contributed by atoms with Crippen LogP contribution in [0, 0.1) is 40.4 Å². The summed E-state index contributed by atoms with van der Waals surface area (Å²) < 4.78 is 0. The molecule has 0 N–H and O–H groups in total. The number of rotatable bonds is 3. The van der Waals surface area contributed by atoms with Crippen molar-refractivity contribution in [1.29, 1.82) is 0 Å². The lowest BCUT2D eigenvalue weighted by molar-refractivity contribution is -0.154. The van der Waals surface area contributed by atoms with Gasteiger partial charge in [0, 0.05) is 19.1 Å². The molecule has 0 aromatic heterocycles. The van der Waals surface area contributed by atoms with Gasteiger partial charge in [0.2, 0.25) is 0 Å². The van der Waals surface area contributed by atoms with E-state index in [0.717, 1.165) is 37.0 Å². The number of allylic oxidation sites excluding steroid dienone is 3. The van der Waals surface area contributed by atoms with Crippen molar-refractivity contribution in [3.63, 3.8) is 0 Å². The van der Waals surface area contributed by atoms with Crippen LogP contribution in [0.4, 0.5) is 0 Å². The molecule has 6 rings (SSSR count). The molecule has 4 aliphatic carbocycles. The summed E-state index contributed by atoms with van der Waals surface area (Å²) in [5.74, 6) is 3.43. The standard InChI is InChI=1S/C33H43NO/c1-23-9-8-20-34-33(21-23,22-24-10-5-4-6-11-24)30-28-14-13-25-26-12-7-17-31(26,2)18-15-27(25)32(28,3)19-16-29(30)35/h4-6,8-11,20-21,25-28,30H,7,12-19,22H2,1-3H3/t25-,26-,27-,28?,30?,31-,32+,33?/m0/s1. The number of fused-ring (bicyclic) bond motifs is 5. The molecular formula is C33H43NO. The summed E-state index contributed by atoms with van der Waals surface area (Å²) in [6.45, 7) is 7.37. The van der Waals surface area contributed by atoms with Crippen molar-refractivity contribution in [2.75, 3.05) is 0 Å². The molecule has 0 saturated heterocycles. The number of hydrogen-bond donors (Lipinski definition) is 0. The van der Waals surface area contributed by atoms with E-state index in [1.54, 1.807) is 0 Å². The summed E-state index contributed by atoms with van der Waals surface area (Å²) in [4.78, 5) is 19.2. The Bertz CT molecular complexity index is 1070. The molecule has 4 fully saturated rings. The number of ketones is 1. The molecule has 0 radical (unpaired) electrons. The molecular weight excluding hydrogens is 426 g/mol. The number of hydrogen-bond acceptors (Lipinski definition) is 2. The first kappa shape index (κ1) is 23.4. The monoisotopic (exact) mass is 469 g/mol. The van der Waals surface area contributed by atoms with Crippen LogP contribution in [-0.4, -0.2) is 17.5 Å². The van der Waals surface area contributed by atoms with E-state index in [2.05, 4.69) is 69.3 Å². The Labute approximate surface area is 212 Å². The third kappa shape index (κ3) is 3.73. The van der Waals surface area contributed by atoms with Gasteiger partial charge in [-0.25, -0.2) is 0 Å². The van der Waals surface area contributed by atoms with Crippen molar-refractivity contribution in [1.82, 2.24) is 0 Å². The summed E-state index contributed by atoms with van der Waals surface area (Å²) >= 11 is 0. The van der Waals surface area contributed by atoms with Crippen LogP contribution >= 0.6 is 0 Å². The molecule has 35 heavy (non-hydrogen) atoms. The van der Waals surface area contributed by atoms with Crippen molar-refractivity contribution in [3.05, 3.63) is 59.7 Å². The molecule has 186 valence electrons. The van der Waals surface area contributed by atoms with Crippen molar-refractivity contribution in [2.24, 2.45) is 45.4 Å². The fourth-order valence-corrected chi connectivity index (χ4v) is 9.95. The highest BCUT2D eigenvalue weighted by atomic mass is 16.1. The van der Waals surface area contributed by atoms with E-state index >= 15 is 0 Å². The van der Waals surface area contributed by atoms with Crippen LogP contribution in [0.15, 0.2) is 59.1 Å². The van der Waals surface area contributed by atoms with E-state index in [9.17, 15) is 4.79 Å². The molecule has 8 atom stereocenters. The second-order valence-corrected chi connectivity index (χ2v) is 13.3. The lowest BCUT2D eigenvalue weighted by Gasteiger charge is -2.62. The molecule has 3 unspecified atom stereocenters. The Morgan fingerprint density at radius 2 is 1.77 bits per heavy atom. The molecule has 1 aliphatic heterocycles. The van der Waals surface area contributed by atoms with Gasteiger partial charge < -0.3 is 0 Å². The zero-order chi connectivity index (χ0) is 24.3. The van der Waals surface area contributed by atoms with Crippen LogP contribution in [0.25, 0.3) is 0 Å². The maximum atomic E-state index is 14.0. The second kappa shape index (κ2) is 8.56. The minimum Gasteiger partial charge on any atom is -0.299 e. The third-order valence-corrected chi connectivity index (χ3v) is 11.5. The van der Waals surface area contributed by atoms with Crippen LogP contribution in [-0.2, 0) is 11.2 Å². The van der Waals surface area contributed by atoms with Crippen molar-refractivity contribution in [3.8, 4) is 0 Å². The average molecular weight is 470 g/mol. The normalized spacial score (nSPS) is 44.7. The lowest BCUT2D eigenvalue weighted by atomic mass is 9.42. The molecule has 0 amide bonds. The van der Waals surface area contributed by atoms with Gasteiger partial charge in [-0.15, -0.1) is 0 Å². The van der Waals surface area contributed by atoms with Gasteiger partial charge >= 0.3 is 0 Å². The third-order valence-electron chi connectivity index (χ3n) is 11.5. The number of carbonyl (C=O) groups is 1. The maximum Gasteiger partial charge on any atom is 0.139 e. The highest BCUT2D eigenvalue weighted by Gasteiger charge is 2.62. The lowest BCUT2D eigenvalue weighted by Crippen LogP contribution is -2.59. The molecule has 1 aromatic rings. The fourth-order valence-electron chi connectivity index (χ4n) is 9.95. The van der Waals surface area contributed by atoms with E-state index in [4.69, 9.17) is 4.99 Å². The molecule has 1 heterocycles.